The van der Waals surface area contributed by atoms with E-state index in [2.05, 4.69) is 13.5 Å². The topological polar surface area (TPSA) is 54.4 Å². The average molecular weight is 196 g/mol. The number of hydrogen-bond donors (Lipinski definition) is 1. The maximum absolute atomic E-state index is 9.50. The molecule has 0 aromatic rings. The van der Waals surface area contributed by atoms with Gasteiger partial charge in [0, 0.05) is 6.42 Å². The quantitative estimate of drug-likeness (QED) is 0.690. The lowest BCUT2D eigenvalue weighted by Gasteiger charge is -2.20. The van der Waals surface area contributed by atoms with Crippen LogP contribution in [0.25, 0.3) is 0 Å². The predicted octanol–water partition coefficient (Wildman–Crippen LogP) is 2.61. The molecule has 0 saturated heterocycles. The summed E-state index contributed by atoms with van der Waals surface area (Å²) in [5.41, 5.74) is 1.24. The second kappa shape index (κ2) is 7.10. The molecule has 0 bridgehead atoms. The van der Waals surface area contributed by atoms with Crippen LogP contribution in [0, 0.1) is 5.92 Å². The van der Waals surface area contributed by atoms with E-state index in [1.54, 1.807) is 0 Å². The van der Waals surface area contributed by atoms with Crippen molar-refractivity contribution in [1.82, 2.24) is 0 Å². The van der Waals surface area contributed by atoms with E-state index >= 15 is 0 Å². The summed E-state index contributed by atoms with van der Waals surface area (Å²) >= 11 is 0. The largest absolute Gasteiger partial charge is 0.512 e. The highest BCUT2D eigenvalue weighted by atomic mass is 16.3. The Hall–Kier alpha value is -1.34. The van der Waals surface area contributed by atoms with Crippen molar-refractivity contribution >= 4 is 6.15 Å². The van der Waals surface area contributed by atoms with E-state index in [-0.39, 0.29) is 6.15 Å². The molecule has 0 saturated carbocycles. The molecule has 0 amide bonds. The van der Waals surface area contributed by atoms with Crippen LogP contribution < -0.4 is 0 Å². The highest BCUT2D eigenvalue weighted by molar-refractivity contribution is 5.20. The lowest BCUT2D eigenvalue weighted by Crippen LogP contribution is -2.07. The smallest absolute Gasteiger partial charge is 0.373 e. The highest BCUT2D eigenvalue weighted by Crippen LogP contribution is 2.29. The Morgan fingerprint density at radius 3 is 2.57 bits per heavy atom. The summed E-state index contributed by atoms with van der Waals surface area (Å²) in [5.74, 6) is 1.12. The van der Waals surface area contributed by atoms with Gasteiger partial charge in [-0.25, -0.2) is 0 Å². The van der Waals surface area contributed by atoms with E-state index in [4.69, 9.17) is 9.59 Å². The minimum Gasteiger partial charge on any atom is -0.512 e. The summed E-state index contributed by atoms with van der Waals surface area (Å²) in [6.07, 6.45) is 6.22. The molecule has 1 atom stereocenters. The Bertz CT molecular complexity index is 247. The fourth-order valence-electron chi connectivity index (χ4n) is 1.58. The molecule has 0 aromatic carbocycles. The van der Waals surface area contributed by atoms with E-state index < -0.39 is 0 Å². The van der Waals surface area contributed by atoms with Crippen molar-refractivity contribution in [3.63, 3.8) is 0 Å². The van der Waals surface area contributed by atoms with Crippen LogP contribution in [0.3, 0.4) is 0 Å². The molecule has 3 nitrogen and oxygen atoms in total. The van der Waals surface area contributed by atoms with Crippen LogP contribution in [-0.4, -0.2) is 11.3 Å². The first-order chi connectivity index (χ1) is 6.69. The van der Waals surface area contributed by atoms with Gasteiger partial charge in [-0.15, -0.1) is 6.58 Å². The average Bonchev–Trinajstić information content (AvgIpc) is 2.19. The van der Waals surface area contributed by atoms with Gasteiger partial charge in [-0.3, -0.25) is 0 Å². The van der Waals surface area contributed by atoms with Gasteiger partial charge in [0.25, 0.3) is 0 Å². The van der Waals surface area contributed by atoms with Gasteiger partial charge in [0.05, 0.1) is 5.76 Å². The van der Waals surface area contributed by atoms with Gasteiger partial charge >= 0.3 is 6.15 Å². The first kappa shape index (κ1) is 12.7. The van der Waals surface area contributed by atoms with Crippen LogP contribution >= 0.6 is 0 Å². The molecule has 1 aliphatic carbocycles. The normalized spacial score (nSPS) is 20.5. The summed E-state index contributed by atoms with van der Waals surface area (Å²) in [6, 6.07) is 0. The lowest BCUT2D eigenvalue weighted by molar-refractivity contribution is -0.191. The Kier molecular flexibility index (Phi) is 6.42. The van der Waals surface area contributed by atoms with E-state index in [1.165, 1.54) is 5.57 Å². The van der Waals surface area contributed by atoms with Gasteiger partial charge in [0.15, 0.2) is 0 Å². The van der Waals surface area contributed by atoms with Gasteiger partial charge in [-0.05, 0) is 30.8 Å². The molecular formula is C11H16O3. The van der Waals surface area contributed by atoms with Crippen LogP contribution in [0.15, 0.2) is 24.0 Å². The fourth-order valence-corrected chi connectivity index (χ4v) is 1.58. The molecule has 78 valence electrons. The summed E-state index contributed by atoms with van der Waals surface area (Å²) in [6.45, 7) is 5.83. The minimum atomic E-state index is 0.250. The van der Waals surface area contributed by atoms with E-state index in [9.17, 15) is 5.11 Å². The van der Waals surface area contributed by atoms with Gasteiger partial charge in [-0.2, -0.15) is 9.59 Å². The van der Waals surface area contributed by atoms with Crippen LogP contribution in [0.2, 0.25) is 0 Å². The third-order valence-electron chi connectivity index (χ3n) is 2.44. The third kappa shape index (κ3) is 4.06. The number of aliphatic hydroxyl groups is 1. The fraction of sp³-hybridized carbons (Fsp3) is 0.545. The lowest BCUT2D eigenvalue weighted by atomic mass is 9.87. The Morgan fingerprint density at radius 1 is 1.64 bits per heavy atom. The molecule has 0 spiro atoms. The van der Waals surface area contributed by atoms with Crippen LogP contribution in [0.5, 0.6) is 0 Å². The molecule has 0 aromatic heterocycles. The standard InChI is InChI=1S/C10H16O.CO2/c1-3-8-5-6-9(4-2)10(11)7-8;2-1-3/h3,8,11H,1,4-7H2,2H3;. The van der Waals surface area contributed by atoms with E-state index in [0.717, 1.165) is 25.7 Å². The van der Waals surface area contributed by atoms with Crippen molar-refractivity contribution in [3.05, 3.63) is 24.0 Å². The highest BCUT2D eigenvalue weighted by Gasteiger charge is 2.16. The molecule has 14 heavy (non-hydrogen) atoms. The van der Waals surface area contributed by atoms with E-state index in [1.807, 2.05) is 6.08 Å². The summed E-state index contributed by atoms with van der Waals surface area (Å²) < 4.78 is 0. The zero-order valence-corrected chi connectivity index (χ0v) is 8.45. The minimum absolute atomic E-state index is 0.250. The van der Waals surface area contributed by atoms with Crippen molar-refractivity contribution in [2.75, 3.05) is 0 Å². The van der Waals surface area contributed by atoms with E-state index in [0.29, 0.717) is 11.7 Å². The molecule has 1 aliphatic rings. The predicted molar refractivity (Wildman–Crippen MR) is 52.5 cm³/mol. The zero-order chi connectivity index (χ0) is 11.0. The number of aliphatic hydroxyl groups excluding tert-OH is 1. The maximum atomic E-state index is 9.50. The number of carbonyl (C=O) groups excluding carboxylic acids is 2. The Balaban J connectivity index is 0.000000500. The zero-order valence-electron chi connectivity index (χ0n) is 8.45. The Labute approximate surface area is 84.1 Å². The molecule has 1 unspecified atom stereocenters. The second-order valence-corrected chi connectivity index (χ2v) is 3.23. The first-order valence-electron chi connectivity index (χ1n) is 4.71. The molecule has 1 N–H and O–H groups in total. The monoisotopic (exact) mass is 196 g/mol. The number of hydrogen-bond acceptors (Lipinski definition) is 3. The van der Waals surface area contributed by atoms with Crippen molar-refractivity contribution in [1.29, 1.82) is 0 Å². The van der Waals surface area contributed by atoms with Crippen LogP contribution in [0.1, 0.15) is 32.6 Å². The van der Waals surface area contributed by atoms with Gasteiger partial charge < -0.3 is 5.11 Å². The number of rotatable bonds is 2. The van der Waals surface area contributed by atoms with Gasteiger partial charge in [0.2, 0.25) is 0 Å². The molecule has 0 aliphatic heterocycles. The Morgan fingerprint density at radius 2 is 2.21 bits per heavy atom. The molecule has 0 radical (unpaired) electrons. The second-order valence-electron chi connectivity index (χ2n) is 3.23. The third-order valence-corrected chi connectivity index (χ3v) is 2.44. The SMILES string of the molecule is C=CC1CCC(CC)=C(O)C1.O=C=O. The van der Waals surface area contributed by atoms with Gasteiger partial charge in [-0.1, -0.05) is 13.0 Å². The molecule has 1 rings (SSSR count). The van der Waals surface area contributed by atoms with Crippen molar-refractivity contribution in [2.24, 2.45) is 5.92 Å². The first-order valence-corrected chi connectivity index (χ1v) is 4.71. The summed E-state index contributed by atoms with van der Waals surface area (Å²) in [7, 11) is 0. The summed E-state index contributed by atoms with van der Waals surface area (Å²) in [5, 5.41) is 9.50. The van der Waals surface area contributed by atoms with Crippen molar-refractivity contribution < 1.29 is 14.7 Å². The van der Waals surface area contributed by atoms with Crippen molar-refractivity contribution in [2.45, 2.75) is 32.6 Å². The summed E-state index contributed by atoms with van der Waals surface area (Å²) in [4.78, 5) is 16.2. The van der Waals surface area contributed by atoms with Crippen molar-refractivity contribution in [3.8, 4) is 0 Å². The van der Waals surface area contributed by atoms with Gasteiger partial charge in [0.1, 0.15) is 0 Å². The molecule has 0 heterocycles. The molecular weight excluding hydrogens is 180 g/mol. The van der Waals surface area contributed by atoms with Crippen LogP contribution in [0.4, 0.5) is 0 Å². The van der Waals surface area contributed by atoms with Crippen LogP contribution in [-0.2, 0) is 9.59 Å². The molecule has 3 heteroatoms. The number of allylic oxidation sites excluding steroid dienone is 3. The molecule has 0 fully saturated rings. The maximum Gasteiger partial charge on any atom is 0.373 e.